The summed E-state index contributed by atoms with van der Waals surface area (Å²) in [6, 6.07) is 9.99. The predicted molar refractivity (Wildman–Crippen MR) is 92.1 cm³/mol. The molecule has 2 atom stereocenters. The Kier molecular flexibility index (Phi) is 3.44. The topological polar surface area (TPSA) is 45.6 Å². The number of hydrogen-bond donors (Lipinski definition) is 0. The second-order valence-electron chi connectivity index (χ2n) is 6.22. The fourth-order valence-corrected chi connectivity index (χ4v) is 4.34. The minimum Gasteiger partial charge on any atom is -0.333 e. The number of rotatable bonds is 1. The van der Waals surface area contributed by atoms with Crippen molar-refractivity contribution in [1.29, 1.82) is 0 Å². The summed E-state index contributed by atoms with van der Waals surface area (Å²) in [5, 5.41) is 3.10. The van der Waals surface area contributed by atoms with Gasteiger partial charge in [-0.3, -0.25) is 19.3 Å². The second kappa shape index (κ2) is 5.37. The third-order valence-corrected chi connectivity index (χ3v) is 5.50. The molecule has 0 aliphatic carbocycles. The largest absolute Gasteiger partial charge is 0.333 e. The SMILES string of the molecule is CN1C(=O)[C@@H]2CCCN(C(=O)CBr)[C@H]2c2cc3ccccc3n21. The van der Waals surface area contributed by atoms with Crippen LogP contribution in [0.2, 0.25) is 0 Å². The van der Waals surface area contributed by atoms with Gasteiger partial charge in [0.15, 0.2) is 0 Å². The van der Waals surface area contributed by atoms with Gasteiger partial charge >= 0.3 is 0 Å². The zero-order valence-electron chi connectivity index (χ0n) is 12.9. The first-order valence-electron chi connectivity index (χ1n) is 7.87. The lowest BCUT2D eigenvalue weighted by Crippen LogP contribution is -2.55. The van der Waals surface area contributed by atoms with Crippen molar-refractivity contribution in [3.63, 3.8) is 0 Å². The van der Waals surface area contributed by atoms with E-state index < -0.39 is 0 Å². The fourth-order valence-electron chi connectivity index (χ4n) is 4.02. The normalized spacial score (nSPS) is 23.8. The number of halogens is 1. The monoisotopic (exact) mass is 375 g/mol. The summed E-state index contributed by atoms with van der Waals surface area (Å²) >= 11 is 3.28. The second-order valence-corrected chi connectivity index (χ2v) is 6.78. The van der Waals surface area contributed by atoms with Gasteiger partial charge in [0, 0.05) is 19.0 Å². The van der Waals surface area contributed by atoms with Crippen LogP contribution in [0.4, 0.5) is 0 Å². The smallest absolute Gasteiger partial charge is 0.246 e. The van der Waals surface area contributed by atoms with Crippen molar-refractivity contribution >= 4 is 38.6 Å². The van der Waals surface area contributed by atoms with E-state index in [0.717, 1.165) is 29.4 Å². The van der Waals surface area contributed by atoms with Gasteiger partial charge in [0.2, 0.25) is 11.8 Å². The first-order valence-corrected chi connectivity index (χ1v) is 8.99. The molecule has 120 valence electrons. The number of piperidine rings is 1. The van der Waals surface area contributed by atoms with E-state index in [4.69, 9.17) is 0 Å². The molecule has 2 aromatic rings. The number of nitrogens with zero attached hydrogens (tertiary/aromatic N) is 3. The van der Waals surface area contributed by atoms with Crippen molar-refractivity contribution in [2.24, 2.45) is 5.92 Å². The molecule has 0 N–H and O–H groups in total. The highest BCUT2D eigenvalue weighted by Gasteiger charge is 2.46. The van der Waals surface area contributed by atoms with Crippen LogP contribution in [-0.4, -0.2) is 40.3 Å². The fraction of sp³-hybridized carbons (Fsp3) is 0.412. The molecule has 2 amide bonds. The number of para-hydroxylation sites is 1. The van der Waals surface area contributed by atoms with Crippen LogP contribution in [0.5, 0.6) is 0 Å². The standard InChI is InChI=1S/C17H18BrN3O2/c1-19-17(23)12-6-4-8-20(15(22)10-18)16(12)14-9-11-5-2-3-7-13(11)21(14)19/h2-3,5,7,9,12,16H,4,6,8,10H2,1H3/t12-,16-/m1/s1. The van der Waals surface area contributed by atoms with Gasteiger partial charge in [-0.05, 0) is 25.0 Å². The molecule has 0 spiro atoms. The molecule has 2 aliphatic heterocycles. The lowest BCUT2D eigenvalue weighted by atomic mass is 9.85. The van der Waals surface area contributed by atoms with Gasteiger partial charge in [-0.1, -0.05) is 34.1 Å². The van der Waals surface area contributed by atoms with Gasteiger partial charge in [0.25, 0.3) is 0 Å². The van der Waals surface area contributed by atoms with Crippen molar-refractivity contribution in [3.8, 4) is 0 Å². The van der Waals surface area contributed by atoms with Crippen LogP contribution in [0.25, 0.3) is 10.9 Å². The third kappa shape index (κ3) is 2.04. The summed E-state index contributed by atoms with van der Waals surface area (Å²) in [5.41, 5.74) is 2.04. The van der Waals surface area contributed by atoms with Crippen LogP contribution in [0.15, 0.2) is 30.3 Å². The van der Waals surface area contributed by atoms with Gasteiger partial charge in [0.1, 0.15) is 0 Å². The number of likely N-dealkylation sites (tertiary alicyclic amines) is 1. The van der Waals surface area contributed by atoms with Crippen molar-refractivity contribution in [2.45, 2.75) is 18.9 Å². The molecule has 0 saturated carbocycles. The molecule has 0 bridgehead atoms. The first-order chi connectivity index (χ1) is 11.1. The molecule has 5 nitrogen and oxygen atoms in total. The van der Waals surface area contributed by atoms with Crippen molar-refractivity contribution in [2.75, 3.05) is 23.9 Å². The summed E-state index contributed by atoms with van der Waals surface area (Å²) < 4.78 is 1.97. The molecule has 1 aromatic heterocycles. The number of fused-ring (bicyclic) bond motifs is 5. The average molecular weight is 376 g/mol. The minimum atomic E-state index is -0.162. The van der Waals surface area contributed by atoms with Crippen LogP contribution >= 0.6 is 15.9 Å². The van der Waals surface area contributed by atoms with E-state index in [1.807, 2.05) is 40.9 Å². The van der Waals surface area contributed by atoms with Crippen LogP contribution in [-0.2, 0) is 9.59 Å². The van der Waals surface area contributed by atoms with Crippen molar-refractivity contribution in [1.82, 2.24) is 9.58 Å². The summed E-state index contributed by atoms with van der Waals surface area (Å²) in [6.07, 6.45) is 1.71. The van der Waals surface area contributed by atoms with Crippen molar-refractivity contribution in [3.05, 3.63) is 36.0 Å². The zero-order chi connectivity index (χ0) is 16.1. The van der Waals surface area contributed by atoms with Gasteiger partial charge in [-0.25, -0.2) is 0 Å². The zero-order valence-corrected chi connectivity index (χ0v) is 14.5. The quantitative estimate of drug-likeness (QED) is 0.718. The molecule has 1 fully saturated rings. The molecule has 6 heteroatoms. The van der Waals surface area contributed by atoms with E-state index in [9.17, 15) is 9.59 Å². The number of aromatic nitrogens is 1. The summed E-state index contributed by atoms with van der Waals surface area (Å²) in [5.74, 6) is -0.00153. The summed E-state index contributed by atoms with van der Waals surface area (Å²) in [7, 11) is 1.82. The van der Waals surface area contributed by atoms with Gasteiger partial charge in [-0.2, -0.15) is 0 Å². The number of benzene rings is 1. The van der Waals surface area contributed by atoms with Crippen molar-refractivity contribution < 1.29 is 9.59 Å². The average Bonchev–Trinajstić information content (AvgIpc) is 2.98. The lowest BCUT2D eigenvalue weighted by molar-refractivity contribution is -0.139. The van der Waals surface area contributed by atoms with E-state index in [-0.39, 0.29) is 23.8 Å². The lowest BCUT2D eigenvalue weighted by Gasteiger charge is -2.46. The van der Waals surface area contributed by atoms with Gasteiger partial charge in [-0.15, -0.1) is 0 Å². The molecular weight excluding hydrogens is 358 g/mol. The van der Waals surface area contributed by atoms with Gasteiger partial charge in [0.05, 0.1) is 28.5 Å². The minimum absolute atomic E-state index is 0.0499. The van der Waals surface area contributed by atoms with Crippen LogP contribution in [0.3, 0.4) is 0 Å². The van der Waals surface area contributed by atoms with E-state index in [1.165, 1.54) is 0 Å². The Labute approximate surface area is 142 Å². The van der Waals surface area contributed by atoms with Crippen LogP contribution < -0.4 is 5.01 Å². The molecule has 23 heavy (non-hydrogen) atoms. The summed E-state index contributed by atoms with van der Waals surface area (Å²) in [4.78, 5) is 27.1. The Bertz CT molecular complexity index is 800. The molecule has 1 saturated heterocycles. The molecule has 0 unspecified atom stereocenters. The molecular formula is C17H18BrN3O2. The molecule has 2 aliphatic rings. The number of carbonyl (C=O) groups excluding carboxylic acids is 2. The number of amides is 2. The van der Waals surface area contributed by atoms with E-state index in [1.54, 1.807) is 5.01 Å². The first kappa shape index (κ1) is 14.8. The Morgan fingerprint density at radius 3 is 2.91 bits per heavy atom. The predicted octanol–water partition coefficient (Wildman–Crippen LogP) is 2.42. The highest BCUT2D eigenvalue weighted by Crippen LogP contribution is 2.42. The van der Waals surface area contributed by atoms with Crippen LogP contribution in [0, 0.1) is 5.92 Å². The molecule has 3 heterocycles. The van der Waals surface area contributed by atoms with E-state index in [2.05, 4.69) is 22.0 Å². The Hall–Kier alpha value is -1.82. The summed E-state index contributed by atoms with van der Waals surface area (Å²) in [6.45, 7) is 0.712. The maximum atomic E-state index is 12.9. The maximum absolute atomic E-state index is 12.9. The molecule has 1 aromatic carbocycles. The third-order valence-electron chi connectivity index (χ3n) is 5.02. The Morgan fingerprint density at radius 2 is 2.13 bits per heavy atom. The molecule has 0 radical (unpaired) electrons. The number of hydrogen-bond acceptors (Lipinski definition) is 2. The van der Waals surface area contributed by atoms with Crippen LogP contribution in [0.1, 0.15) is 24.6 Å². The number of carbonyl (C=O) groups is 2. The van der Waals surface area contributed by atoms with E-state index >= 15 is 0 Å². The highest BCUT2D eigenvalue weighted by atomic mass is 79.9. The Morgan fingerprint density at radius 1 is 1.35 bits per heavy atom. The molecule has 4 rings (SSSR count). The Balaban J connectivity index is 1.94. The van der Waals surface area contributed by atoms with Gasteiger partial charge < -0.3 is 4.90 Å². The number of alkyl halides is 1. The maximum Gasteiger partial charge on any atom is 0.246 e. The highest BCUT2D eigenvalue weighted by molar-refractivity contribution is 9.09. The van der Waals surface area contributed by atoms with E-state index in [0.29, 0.717) is 11.9 Å².